The van der Waals surface area contributed by atoms with Crippen LogP contribution in [0.2, 0.25) is 0 Å². The number of aromatic nitrogens is 1. The third kappa shape index (κ3) is 4.88. The van der Waals surface area contributed by atoms with Gasteiger partial charge in [0.05, 0.1) is 0 Å². The molecule has 0 saturated heterocycles. The Bertz CT molecular complexity index is 864. The minimum absolute atomic E-state index is 0. The second-order valence-electron chi connectivity index (χ2n) is 8.29. The summed E-state index contributed by atoms with van der Waals surface area (Å²) in [5, 5.41) is 1.29. The van der Waals surface area contributed by atoms with Crippen LogP contribution in [0.4, 0.5) is 0 Å². The molecule has 0 saturated carbocycles. The van der Waals surface area contributed by atoms with E-state index in [-0.39, 0.29) is 51.9 Å². The van der Waals surface area contributed by atoms with Gasteiger partial charge in [0, 0.05) is 0 Å². The van der Waals surface area contributed by atoms with Gasteiger partial charge >= 0.3 is 21.7 Å². The maximum atomic E-state index is 3.23. The Balaban J connectivity index is 0.000000455. The maximum Gasteiger partial charge on any atom is 4.00 e. The van der Waals surface area contributed by atoms with Crippen molar-refractivity contribution in [3.63, 3.8) is 0 Å². The van der Waals surface area contributed by atoms with Gasteiger partial charge in [0.15, 0.2) is 0 Å². The van der Waals surface area contributed by atoms with Crippen molar-refractivity contribution in [3.05, 3.63) is 63.8 Å². The quantitative estimate of drug-likeness (QED) is 0.383. The van der Waals surface area contributed by atoms with E-state index >= 15 is 0 Å². The van der Waals surface area contributed by atoms with Gasteiger partial charge in [-0.05, 0) is 5.41 Å². The molecule has 1 nitrogen and oxygen atoms in total. The number of halogens is 2. The minimum atomic E-state index is 0. The summed E-state index contributed by atoms with van der Waals surface area (Å²) in [6, 6.07) is 8.34. The van der Waals surface area contributed by atoms with E-state index in [2.05, 4.69) is 77.8 Å². The summed E-state index contributed by atoms with van der Waals surface area (Å²) in [6.45, 7) is 15.7. The molecular formula is C23H29Cl2NTi. The summed E-state index contributed by atoms with van der Waals surface area (Å²) < 4.78 is 0. The van der Waals surface area contributed by atoms with Crippen LogP contribution in [0.15, 0.2) is 24.3 Å². The molecule has 1 aliphatic carbocycles. The van der Waals surface area contributed by atoms with E-state index in [0.717, 1.165) is 5.92 Å². The Labute approximate surface area is 191 Å². The van der Waals surface area contributed by atoms with Gasteiger partial charge in [-0.25, -0.2) is 0 Å². The van der Waals surface area contributed by atoms with Crippen molar-refractivity contribution in [1.29, 1.82) is 0 Å². The van der Waals surface area contributed by atoms with Gasteiger partial charge in [-0.2, -0.15) is 27.6 Å². The fourth-order valence-electron chi connectivity index (χ4n) is 3.94. The second kappa shape index (κ2) is 9.74. The van der Waals surface area contributed by atoms with E-state index in [1.807, 2.05) is 6.07 Å². The zero-order valence-corrected chi connectivity index (χ0v) is 20.4. The Morgan fingerprint density at radius 3 is 2.11 bits per heavy atom. The first-order chi connectivity index (χ1) is 11.2. The molecule has 0 bridgehead atoms. The van der Waals surface area contributed by atoms with Crippen molar-refractivity contribution in [2.75, 3.05) is 0 Å². The third-order valence-electron chi connectivity index (χ3n) is 5.58. The van der Waals surface area contributed by atoms with Crippen LogP contribution >= 0.6 is 0 Å². The monoisotopic (exact) mass is 437 g/mol. The molecule has 1 atom stereocenters. The van der Waals surface area contributed by atoms with Crippen molar-refractivity contribution in [1.82, 2.24) is 4.98 Å². The molecule has 1 heterocycles. The van der Waals surface area contributed by atoms with Crippen LogP contribution in [-0.2, 0) is 33.6 Å². The second-order valence-corrected chi connectivity index (χ2v) is 8.29. The normalized spacial score (nSPS) is 14.6. The van der Waals surface area contributed by atoms with Crippen molar-refractivity contribution in [2.24, 2.45) is 0 Å². The summed E-state index contributed by atoms with van der Waals surface area (Å²) in [5.41, 5.74) is 10.5. The molecule has 3 aromatic rings. The molecule has 27 heavy (non-hydrogen) atoms. The van der Waals surface area contributed by atoms with Crippen molar-refractivity contribution < 1.29 is 46.5 Å². The molecule has 1 aliphatic rings. The predicted molar refractivity (Wildman–Crippen MR) is 104 cm³/mol. The van der Waals surface area contributed by atoms with Gasteiger partial charge in [0.2, 0.25) is 0 Å². The predicted octanol–water partition coefficient (Wildman–Crippen LogP) is 0.261. The molecule has 0 radical (unpaired) electrons. The summed E-state index contributed by atoms with van der Waals surface area (Å²) >= 11 is 0. The molecule has 0 spiro atoms. The smallest absolute Gasteiger partial charge is 1.00 e. The standard InChI is InChI=1S/C12H14N.C11H15.2ClH.Ti/c1-12(2,3)10-8-13-11-7-5-4-6-9(10)11;1-6-5-10-8(3)7(2)9(4)11(6)10;;;/h4-7,13H,1-3H3;6H,5H2,1-4H3;2*1H;/q2*-1;;;+4/p-2. The molecule has 1 N–H and O–H groups in total. The summed E-state index contributed by atoms with van der Waals surface area (Å²) in [4.78, 5) is 3.17. The van der Waals surface area contributed by atoms with Crippen LogP contribution in [0.1, 0.15) is 67.0 Å². The number of nitrogens with one attached hydrogen (secondary N) is 1. The first kappa shape index (κ1) is 26.4. The van der Waals surface area contributed by atoms with Crippen molar-refractivity contribution in [2.45, 2.75) is 66.2 Å². The van der Waals surface area contributed by atoms with Crippen molar-refractivity contribution >= 4 is 10.9 Å². The number of para-hydroxylation sites is 1. The average molecular weight is 438 g/mol. The van der Waals surface area contributed by atoms with E-state index in [1.54, 1.807) is 22.3 Å². The van der Waals surface area contributed by atoms with Crippen LogP contribution in [0, 0.1) is 27.0 Å². The minimum Gasteiger partial charge on any atom is -1.00 e. The molecule has 0 fully saturated rings. The molecular weight excluding hydrogens is 409 g/mol. The molecule has 4 heteroatoms. The number of H-pyrrole nitrogens is 1. The first-order valence-corrected chi connectivity index (χ1v) is 8.96. The zero-order chi connectivity index (χ0) is 17.6. The van der Waals surface area contributed by atoms with Gasteiger partial charge in [0.25, 0.3) is 0 Å². The van der Waals surface area contributed by atoms with E-state index in [4.69, 9.17) is 0 Å². The summed E-state index contributed by atoms with van der Waals surface area (Å²) in [6.07, 6.45) is 4.54. The van der Waals surface area contributed by atoms with Gasteiger partial charge in [-0.15, -0.1) is 35.0 Å². The van der Waals surface area contributed by atoms with Crippen LogP contribution < -0.4 is 24.8 Å². The third-order valence-corrected chi connectivity index (χ3v) is 5.58. The largest absolute Gasteiger partial charge is 4.00 e. The van der Waals surface area contributed by atoms with Crippen LogP contribution in [0.25, 0.3) is 10.9 Å². The number of rotatable bonds is 0. The fourth-order valence-corrected chi connectivity index (χ4v) is 3.94. The number of aromatic amines is 1. The molecule has 1 aromatic heterocycles. The van der Waals surface area contributed by atoms with Gasteiger partial charge in [0.1, 0.15) is 0 Å². The zero-order valence-electron chi connectivity index (χ0n) is 17.3. The van der Waals surface area contributed by atoms with Crippen LogP contribution in [0.5, 0.6) is 0 Å². The van der Waals surface area contributed by atoms with E-state index in [9.17, 15) is 0 Å². The number of benzene rings is 1. The molecule has 0 amide bonds. The average Bonchev–Trinajstić information content (AvgIpc) is 3.01. The molecule has 2 aromatic carbocycles. The Hall–Kier alpha value is -0.596. The molecule has 0 aliphatic heterocycles. The Kier molecular flexibility index (Phi) is 9.53. The Morgan fingerprint density at radius 2 is 1.63 bits per heavy atom. The van der Waals surface area contributed by atoms with E-state index in [1.165, 1.54) is 28.5 Å². The number of hydrogen-bond acceptors (Lipinski definition) is 0. The van der Waals surface area contributed by atoms with E-state index < -0.39 is 0 Å². The molecule has 144 valence electrons. The van der Waals surface area contributed by atoms with Crippen molar-refractivity contribution in [3.8, 4) is 0 Å². The SMILES string of the molecule is CC(C)(C)c1[c-][nH]c2ccccc12.Cc1c(C)c2[c-](c1C)C(C)C2.[Cl-].[Cl-].[Ti+4]. The molecule has 4 rings (SSSR count). The van der Waals surface area contributed by atoms with E-state index in [0.29, 0.717) is 0 Å². The topological polar surface area (TPSA) is 15.8 Å². The number of fused-ring (bicyclic) bond motifs is 2. The fraction of sp³-hybridized carbons (Fsp3) is 0.435. The summed E-state index contributed by atoms with van der Waals surface area (Å²) in [7, 11) is 0. The molecule has 1 unspecified atom stereocenters. The number of hydrogen-bond donors (Lipinski definition) is 1. The summed E-state index contributed by atoms with van der Waals surface area (Å²) in [5.74, 6) is 0.831. The van der Waals surface area contributed by atoms with Crippen LogP contribution in [-0.4, -0.2) is 4.98 Å². The van der Waals surface area contributed by atoms with Gasteiger partial charge in [-0.1, -0.05) is 72.9 Å². The van der Waals surface area contributed by atoms with Gasteiger partial charge < -0.3 is 29.8 Å². The van der Waals surface area contributed by atoms with Gasteiger partial charge in [-0.3, -0.25) is 0 Å². The maximum absolute atomic E-state index is 3.23. The van der Waals surface area contributed by atoms with Crippen LogP contribution in [0.3, 0.4) is 0 Å². The Morgan fingerprint density at radius 1 is 1.04 bits per heavy atom. The first-order valence-electron chi connectivity index (χ1n) is 8.96.